The van der Waals surface area contributed by atoms with E-state index in [0.717, 1.165) is 0 Å². The smallest absolute Gasteiger partial charge is 0.316 e. The zero-order chi connectivity index (χ0) is 20.4. The number of ether oxygens (including phenoxy) is 4. The fraction of sp³-hybridized carbons (Fsp3) is 0.526. The van der Waals surface area contributed by atoms with E-state index in [1.807, 2.05) is 0 Å². The summed E-state index contributed by atoms with van der Waals surface area (Å²) in [5.74, 6) is -4.59. The van der Waals surface area contributed by atoms with Gasteiger partial charge in [-0.1, -0.05) is 6.07 Å². The van der Waals surface area contributed by atoms with Gasteiger partial charge in [0, 0.05) is 12.3 Å². The number of aliphatic hydroxyl groups is 1. The van der Waals surface area contributed by atoms with Gasteiger partial charge in [-0.15, -0.1) is 0 Å². The Morgan fingerprint density at radius 3 is 2.15 bits per heavy atom. The van der Waals surface area contributed by atoms with Gasteiger partial charge in [0.15, 0.2) is 17.3 Å². The van der Waals surface area contributed by atoms with Crippen LogP contribution in [0.1, 0.15) is 24.8 Å². The normalized spacial score (nSPS) is 27.6. The predicted octanol–water partition coefficient (Wildman–Crippen LogP) is 1.09. The van der Waals surface area contributed by atoms with Gasteiger partial charge in [-0.25, -0.2) is 0 Å². The molecule has 0 saturated heterocycles. The van der Waals surface area contributed by atoms with E-state index in [4.69, 9.17) is 18.9 Å². The maximum absolute atomic E-state index is 12.7. The number of rotatable bonds is 5. The molecule has 148 valence electrons. The molecule has 1 saturated carbocycles. The molecule has 0 aromatic heterocycles. The Morgan fingerprint density at radius 1 is 1.04 bits per heavy atom. The van der Waals surface area contributed by atoms with Crippen LogP contribution in [0, 0.1) is 11.8 Å². The fourth-order valence-corrected chi connectivity index (χ4v) is 3.73. The molecule has 1 aromatic rings. The highest BCUT2D eigenvalue weighted by Crippen LogP contribution is 2.47. The summed E-state index contributed by atoms with van der Waals surface area (Å²) in [6, 6.07) is 4.79. The molecular weight excluding hydrogens is 356 g/mol. The summed E-state index contributed by atoms with van der Waals surface area (Å²) in [6.45, 7) is 1.38. The van der Waals surface area contributed by atoms with Gasteiger partial charge in [0.2, 0.25) is 0 Å². The molecule has 1 fully saturated rings. The molecule has 2 rings (SSSR count). The zero-order valence-electron chi connectivity index (χ0n) is 16.0. The molecule has 27 heavy (non-hydrogen) atoms. The van der Waals surface area contributed by atoms with Gasteiger partial charge in [-0.3, -0.25) is 14.4 Å². The number of carbonyl (C=O) groups is 3. The molecular formula is C19H24O8. The minimum Gasteiger partial charge on any atom is -0.493 e. The highest BCUT2D eigenvalue weighted by Gasteiger charge is 2.57. The lowest BCUT2D eigenvalue weighted by Crippen LogP contribution is -2.55. The average Bonchev–Trinajstić information content (AvgIpc) is 2.64. The van der Waals surface area contributed by atoms with Crippen molar-refractivity contribution in [3.63, 3.8) is 0 Å². The monoisotopic (exact) mass is 380 g/mol. The lowest BCUT2D eigenvalue weighted by Gasteiger charge is -2.43. The molecule has 0 amide bonds. The highest BCUT2D eigenvalue weighted by atomic mass is 16.5. The molecule has 1 aliphatic carbocycles. The van der Waals surface area contributed by atoms with Crippen LogP contribution in [-0.4, -0.2) is 56.9 Å². The standard InChI is InChI=1S/C19H24O8/c1-19(23)9-11(20)15(17(21)26-4)14(16(19)18(22)27-5)10-6-7-12(24-2)13(8-10)25-3/h6-8,14-16,23H,9H2,1-5H3. The number of Topliss-reactive ketones (excluding diaryl/α,β-unsaturated/α-hetero) is 1. The first-order valence-corrected chi connectivity index (χ1v) is 8.34. The van der Waals surface area contributed by atoms with E-state index in [2.05, 4.69) is 0 Å². The summed E-state index contributed by atoms with van der Waals surface area (Å²) >= 11 is 0. The summed E-state index contributed by atoms with van der Waals surface area (Å²) in [7, 11) is 5.27. The van der Waals surface area contributed by atoms with E-state index in [1.54, 1.807) is 18.2 Å². The predicted molar refractivity (Wildman–Crippen MR) is 93.5 cm³/mol. The summed E-state index contributed by atoms with van der Waals surface area (Å²) in [5.41, 5.74) is -1.24. The molecule has 0 bridgehead atoms. The molecule has 0 radical (unpaired) electrons. The minimum absolute atomic E-state index is 0.361. The number of hydrogen-bond donors (Lipinski definition) is 1. The van der Waals surface area contributed by atoms with E-state index in [0.29, 0.717) is 17.1 Å². The van der Waals surface area contributed by atoms with Crippen LogP contribution in [0.2, 0.25) is 0 Å². The van der Waals surface area contributed by atoms with Gasteiger partial charge in [-0.2, -0.15) is 0 Å². The van der Waals surface area contributed by atoms with Crippen LogP contribution in [0.4, 0.5) is 0 Å². The molecule has 8 nitrogen and oxygen atoms in total. The fourth-order valence-electron chi connectivity index (χ4n) is 3.73. The lowest BCUT2D eigenvalue weighted by atomic mass is 9.61. The van der Waals surface area contributed by atoms with Crippen LogP contribution in [0.15, 0.2) is 18.2 Å². The van der Waals surface area contributed by atoms with E-state index < -0.39 is 41.1 Å². The van der Waals surface area contributed by atoms with E-state index in [1.165, 1.54) is 35.4 Å². The molecule has 8 heteroatoms. The molecule has 1 aromatic carbocycles. The highest BCUT2D eigenvalue weighted by molar-refractivity contribution is 6.02. The number of hydrogen-bond acceptors (Lipinski definition) is 8. The van der Waals surface area contributed by atoms with Crippen LogP contribution in [0.3, 0.4) is 0 Å². The summed E-state index contributed by atoms with van der Waals surface area (Å²) < 4.78 is 20.1. The van der Waals surface area contributed by atoms with Crippen molar-refractivity contribution < 1.29 is 38.4 Å². The first kappa shape index (κ1) is 20.7. The van der Waals surface area contributed by atoms with Gasteiger partial charge in [0.25, 0.3) is 0 Å². The third-order valence-electron chi connectivity index (χ3n) is 4.97. The van der Waals surface area contributed by atoms with Crippen molar-refractivity contribution in [1.82, 2.24) is 0 Å². The Hall–Kier alpha value is -2.61. The Bertz CT molecular complexity index is 739. The second-order valence-corrected chi connectivity index (χ2v) is 6.64. The number of benzene rings is 1. The summed E-state index contributed by atoms with van der Waals surface area (Å²) in [5, 5.41) is 10.8. The van der Waals surface area contributed by atoms with Crippen LogP contribution < -0.4 is 9.47 Å². The first-order chi connectivity index (χ1) is 12.7. The van der Waals surface area contributed by atoms with Gasteiger partial charge in [-0.05, 0) is 24.6 Å². The Balaban J connectivity index is 2.69. The average molecular weight is 380 g/mol. The summed E-state index contributed by atoms with van der Waals surface area (Å²) in [4.78, 5) is 37.5. The van der Waals surface area contributed by atoms with E-state index in [9.17, 15) is 19.5 Å². The van der Waals surface area contributed by atoms with Crippen molar-refractivity contribution in [2.45, 2.75) is 24.9 Å². The van der Waals surface area contributed by atoms with Gasteiger partial charge >= 0.3 is 11.9 Å². The number of carbonyl (C=O) groups excluding carboxylic acids is 3. The Morgan fingerprint density at radius 2 is 1.63 bits per heavy atom. The van der Waals surface area contributed by atoms with Gasteiger partial charge in [0.1, 0.15) is 5.92 Å². The Labute approximate surface area is 157 Å². The quantitative estimate of drug-likeness (QED) is 0.597. The topological polar surface area (TPSA) is 108 Å². The second kappa shape index (κ2) is 7.96. The minimum atomic E-state index is -1.69. The molecule has 0 heterocycles. The largest absolute Gasteiger partial charge is 0.493 e. The molecule has 0 aliphatic heterocycles. The third kappa shape index (κ3) is 3.75. The van der Waals surface area contributed by atoms with Crippen molar-refractivity contribution in [2.24, 2.45) is 11.8 Å². The summed E-state index contributed by atoms with van der Waals surface area (Å²) in [6.07, 6.45) is -0.365. The first-order valence-electron chi connectivity index (χ1n) is 8.34. The van der Waals surface area contributed by atoms with E-state index in [-0.39, 0.29) is 6.42 Å². The van der Waals surface area contributed by atoms with Crippen molar-refractivity contribution >= 4 is 17.7 Å². The molecule has 4 unspecified atom stereocenters. The van der Waals surface area contributed by atoms with Crippen molar-refractivity contribution in [1.29, 1.82) is 0 Å². The molecule has 4 atom stereocenters. The Kier molecular flexibility index (Phi) is 6.10. The van der Waals surface area contributed by atoms with Gasteiger partial charge in [0.05, 0.1) is 40.0 Å². The van der Waals surface area contributed by atoms with Crippen molar-refractivity contribution in [3.8, 4) is 11.5 Å². The van der Waals surface area contributed by atoms with Crippen LogP contribution in [-0.2, 0) is 23.9 Å². The van der Waals surface area contributed by atoms with Gasteiger partial charge < -0.3 is 24.1 Å². The van der Waals surface area contributed by atoms with Crippen molar-refractivity contribution in [2.75, 3.05) is 28.4 Å². The number of methoxy groups -OCH3 is 4. The SMILES string of the molecule is COC(=O)C1C(=O)CC(C)(O)C(C(=O)OC)C1c1ccc(OC)c(OC)c1. The zero-order valence-corrected chi connectivity index (χ0v) is 16.0. The third-order valence-corrected chi connectivity index (χ3v) is 4.97. The number of esters is 2. The van der Waals surface area contributed by atoms with Crippen LogP contribution in [0.5, 0.6) is 11.5 Å². The van der Waals surface area contributed by atoms with Crippen molar-refractivity contribution in [3.05, 3.63) is 23.8 Å². The molecule has 1 N–H and O–H groups in total. The lowest BCUT2D eigenvalue weighted by molar-refractivity contribution is -0.170. The maximum atomic E-state index is 12.7. The van der Waals surface area contributed by atoms with Crippen LogP contribution in [0.25, 0.3) is 0 Å². The molecule has 0 spiro atoms. The number of ketones is 1. The molecule has 1 aliphatic rings. The van der Waals surface area contributed by atoms with E-state index >= 15 is 0 Å². The van der Waals surface area contributed by atoms with Crippen LogP contribution >= 0.6 is 0 Å². The maximum Gasteiger partial charge on any atom is 0.316 e. The second-order valence-electron chi connectivity index (χ2n) is 6.64.